The largest absolute Gasteiger partial charge is 0.497 e. The second-order valence-corrected chi connectivity index (χ2v) is 6.13. The molecule has 0 spiro atoms. The number of ether oxygens (including phenoxy) is 1. The summed E-state index contributed by atoms with van der Waals surface area (Å²) in [5, 5.41) is 14.4. The molecule has 0 bridgehead atoms. The fourth-order valence-corrected chi connectivity index (χ4v) is 3.32. The molecule has 0 aliphatic carbocycles. The zero-order chi connectivity index (χ0) is 17.9. The lowest BCUT2D eigenvalue weighted by Crippen LogP contribution is -1.88. The highest BCUT2D eigenvalue weighted by Crippen LogP contribution is 2.32. The molecule has 124 valence electrons. The lowest BCUT2D eigenvalue weighted by molar-refractivity contribution is 0.414. The van der Waals surface area contributed by atoms with Gasteiger partial charge in [-0.25, -0.2) is 0 Å². The maximum atomic E-state index is 9.79. The van der Waals surface area contributed by atoms with Gasteiger partial charge in [0.1, 0.15) is 5.75 Å². The third-order valence-corrected chi connectivity index (χ3v) is 4.60. The fraction of sp³-hybridized carbons (Fsp3) is 0.0417. The van der Waals surface area contributed by atoms with Gasteiger partial charge in [-0.2, -0.15) is 5.26 Å². The Labute approximate surface area is 152 Å². The normalized spacial score (nSPS) is 11.5. The third kappa shape index (κ3) is 2.81. The van der Waals surface area contributed by atoms with Crippen LogP contribution in [-0.2, 0) is 0 Å². The van der Waals surface area contributed by atoms with Crippen LogP contribution >= 0.6 is 0 Å². The minimum absolute atomic E-state index is 0.616. The molecular formula is C24H17NO. The Morgan fingerprint density at radius 3 is 2.12 bits per heavy atom. The molecular weight excluding hydrogens is 318 g/mol. The number of nitriles is 1. The smallest absolute Gasteiger partial charge is 0.119 e. The molecule has 0 radical (unpaired) electrons. The molecule has 0 atom stereocenters. The molecule has 0 aromatic heterocycles. The van der Waals surface area contributed by atoms with Crippen molar-refractivity contribution in [2.24, 2.45) is 0 Å². The van der Waals surface area contributed by atoms with Crippen LogP contribution in [0.5, 0.6) is 5.75 Å². The molecule has 0 N–H and O–H groups in total. The van der Waals surface area contributed by atoms with E-state index in [1.54, 1.807) is 7.11 Å². The Hall–Kier alpha value is -3.57. The van der Waals surface area contributed by atoms with Crippen LogP contribution in [0, 0.1) is 11.3 Å². The Bertz CT molecular complexity index is 1130. The number of hydrogen-bond donors (Lipinski definition) is 0. The Morgan fingerprint density at radius 1 is 0.846 bits per heavy atom. The zero-order valence-corrected chi connectivity index (χ0v) is 14.4. The molecule has 4 rings (SSSR count). The number of benzene rings is 4. The van der Waals surface area contributed by atoms with Gasteiger partial charge in [0.15, 0.2) is 0 Å². The van der Waals surface area contributed by atoms with E-state index in [9.17, 15) is 5.26 Å². The van der Waals surface area contributed by atoms with E-state index in [0.717, 1.165) is 27.6 Å². The van der Waals surface area contributed by atoms with Gasteiger partial charge in [-0.05, 0) is 56.9 Å². The van der Waals surface area contributed by atoms with E-state index in [2.05, 4.69) is 36.4 Å². The van der Waals surface area contributed by atoms with Crippen molar-refractivity contribution in [1.29, 1.82) is 5.26 Å². The fourth-order valence-electron chi connectivity index (χ4n) is 3.32. The molecule has 4 aromatic rings. The molecule has 0 fully saturated rings. The number of rotatable bonds is 3. The van der Waals surface area contributed by atoms with E-state index < -0.39 is 0 Å². The number of allylic oxidation sites excluding steroid dienone is 1. The van der Waals surface area contributed by atoms with Gasteiger partial charge in [0, 0.05) is 0 Å². The molecule has 0 heterocycles. The second kappa shape index (κ2) is 6.74. The first-order valence-corrected chi connectivity index (χ1v) is 8.47. The van der Waals surface area contributed by atoms with Crippen LogP contribution in [0.2, 0.25) is 0 Å². The summed E-state index contributed by atoms with van der Waals surface area (Å²) in [6.45, 7) is 0. The summed E-state index contributed by atoms with van der Waals surface area (Å²) in [4.78, 5) is 0. The van der Waals surface area contributed by atoms with Crippen molar-refractivity contribution in [1.82, 2.24) is 0 Å². The summed E-state index contributed by atoms with van der Waals surface area (Å²) >= 11 is 0. The standard InChI is InChI=1S/C24H17NO/c1-26-21-10-6-9-17(14-21)20(16-25)15-24-22-11-4-2-7-18(22)13-19-8-3-5-12-23(19)24/h2-15H,1H3. The van der Waals surface area contributed by atoms with Crippen molar-refractivity contribution in [2.75, 3.05) is 7.11 Å². The first-order valence-electron chi connectivity index (χ1n) is 8.47. The monoisotopic (exact) mass is 335 g/mol. The minimum atomic E-state index is 0.616. The van der Waals surface area contributed by atoms with Crippen LogP contribution in [0.1, 0.15) is 11.1 Å². The van der Waals surface area contributed by atoms with Crippen LogP contribution < -0.4 is 4.74 Å². The molecule has 0 saturated heterocycles. The summed E-state index contributed by atoms with van der Waals surface area (Å²) in [7, 11) is 1.63. The van der Waals surface area contributed by atoms with Crippen LogP contribution in [0.25, 0.3) is 33.2 Å². The Kier molecular flexibility index (Phi) is 4.13. The van der Waals surface area contributed by atoms with Crippen molar-refractivity contribution >= 4 is 33.2 Å². The first kappa shape index (κ1) is 15.9. The van der Waals surface area contributed by atoms with E-state index in [1.165, 1.54) is 10.8 Å². The summed E-state index contributed by atoms with van der Waals surface area (Å²) in [5.74, 6) is 0.742. The first-order chi connectivity index (χ1) is 12.8. The van der Waals surface area contributed by atoms with Crippen molar-refractivity contribution in [3.05, 3.63) is 90.0 Å². The second-order valence-electron chi connectivity index (χ2n) is 6.13. The SMILES string of the molecule is COc1cccc(C(C#N)=Cc2c3ccccc3cc3ccccc23)c1. The lowest BCUT2D eigenvalue weighted by atomic mass is 9.94. The maximum Gasteiger partial charge on any atom is 0.119 e. The quantitative estimate of drug-likeness (QED) is 0.259. The topological polar surface area (TPSA) is 33.0 Å². The van der Waals surface area contributed by atoms with Crippen molar-refractivity contribution in [3.63, 3.8) is 0 Å². The molecule has 0 aliphatic rings. The number of fused-ring (bicyclic) bond motifs is 2. The minimum Gasteiger partial charge on any atom is -0.497 e. The van der Waals surface area contributed by atoms with Crippen LogP contribution in [0.15, 0.2) is 78.9 Å². The molecule has 0 aliphatic heterocycles. The predicted molar refractivity (Wildman–Crippen MR) is 108 cm³/mol. The van der Waals surface area contributed by atoms with Gasteiger partial charge < -0.3 is 4.74 Å². The van der Waals surface area contributed by atoms with Crippen LogP contribution in [0.3, 0.4) is 0 Å². The number of nitrogens with zero attached hydrogens (tertiary/aromatic N) is 1. The Balaban J connectivity index is 2.02. The predicted octanol–water partition coefficient (Wildman–Crippen LogP) is 6.07. The van der Waals surface area contributed by atoms with Crippen molar-refractivity contribution in [2.45, 2.75) is 0 Å². The van der Waals surface area contributed by atoms with Gasteiger partial charge in [0.2, 0.25) is 0 Å². The van der Waals surface area contributed by atoms with Gasteiger partial charge in [-0.15, -0.1) is 0 Å². The van der Waals surface area contributed by atoms with Gasteiger partial charge in [0.05, 0.1) is 18.8 Å². The molecule has 0 saturated carbocycles. The molecule has 0 unspecified atom stereocenters. The molecule has 2 nitrogen and oxygen atoms in total. The van der Waals surface area contributed by atoms with E-state index in [-0.39, 0.29) is 0 Å². The lowest BCUT2D eigenvalue weighted by Gasteiger charge is -2.10. The molecule has 2 heteroatoms. The molecule has 26 heavy (non-hydrogen) atoms. The third-order valence-electron chi connectivity index (χ3n) is 4.60. The average molecular weight is 335 g/mol. The summed E-state index contributed by atoms with van der Waals surface area (Å²) in [6.07, 6.45) is 1.99. The van der Waals surface area contributed by atoms with E-state index >= 15 is 0 Å². The number of hydrogen-bond acceptors (Lipinski definition) is 2. The van der Waals surface area contributed by atoms with E-state index in [4.69, 9.17) is 4.74 Å². The van der Waals surface area contributed by atoms with Crippen LogP contribution in [0.4, 0.5) is 0 Å². The Morgan fingerprint density at radius 2 is 1.50 bits per heavy atom. The van der Waals surface area contributed by atoms with Gasteiger partial charge in [-0.3, -0.25) is 0 Å². The van der Waals surface area contributed by atoms with Gasteiger partial charge >= 0.3 is 0 Å². The highest BCUT2D eigenvalue weighted by atomic mass is 16.5. The summed E-state index contributed by atoms with van der Waals surface area (Å²) in [6, 6.07) is 28.7. The van der Waals surface area contributed by atoms with Crippen molar-refractivity contribution < 1.29 is 4.74 Å². The van der Waals surface area contributed by atoms with Gasteiger partial charge in [-0.1, -0.05) is 60.7 Å². The molecule has 0 amide bonds. The average Bonchev–Trinajstić information content (AvgIpc) is 2.71. The highest BCUT2D eigenvalue weighted by Gasteiger charge is 2.09. The summed E-state index contributed by atoms with van der Waals surface area (Å²) < 4.78 is 5.30. The molecule has 4 aromatic carbocycles. The van der Waals surface area contributed by atoms with Crippen molar-refractivity contribution in [3.8, 4) is 11.8 Å². The van der Waals surface area contributed by atoms with Crippen LogP contribution in [-0.4, -0.2) is 7.11 Å². The highest BCUT2D eigenvalue weighted by molar-refractivity contribution is 6.10. The maximum absolute atomic E-state index is 9.79. The summed E-state index contributed by atoms with van der Waals surface area (Å²) in [5.41, 5.74) is 2.53. The zero-order valence-electron chi connectivity index (χ0n) is 14.4. The number of methoxy groups -OCH3 is 1. The van der Waals surface area contributed by atoms with Gasteiger partial charge in [0.25, 0.3) is 0 Å². The van der Waals surface area contributed by atoms with E-state index in [1.807, 2.05) is 54.6 Å². The van der Waals surface area contributed by atoms with E-state index in [0.29, 0.717) is 5.57 Å².